The van der Waals surface area contributed by atoms with Crippen molar-refractivity contribution in [2.45, 2.75) is 25.9 Å². The Bertz CT molecular complexity index is 392. The Morgan fingerprint density at radius 1 is 1.53 bits per heavy atom. The average molecular weight is 303 g/mol. The van der Waals surface area contributed by atoms with Gasteiger partial charge < -0.3 is 14.9 Å². The molecule has 1 atom stereocenters. The second-order valence-corrected chi connectivity index (χ2v) is 4.42. The highest BCUT2D eigenvalue weighted by atomic mass is 79.9. The van der Waals surface area contributed by atoms with Crippen molar-refractivity contribution in [1.29, 1.82) is 0 Å². The lowest BCUT2D eigenvalue weighted by Crippen LogP contribution is -2.03. The third-order valence-corrected chi connectivity index (χ3v) is 2.96. The highest BCUT2D eigenvalue weighted by molar-refractivity contribution is 9.10. The van der Waals surface area contributed by atoms with E-state index in [4.69, 9.17) is 9.84 Å². The van der Waals surface area contributed by atoms with E-state index in [9.17, 15) is 9.90 Å². The van der Waals surface area contributed by atoms with Gasteiger partial charge in [-0.25, -0.2) is 0 Å². The first-order chi connectivity index (χ1) is 8.04. The Balaban J connectivity index is 2.73. The Hall–Kier alpha value is -1.07. The number of hydrogen-bond donors (Lipinski definition) is 2. The number of benzene rings is 1. The molecule has 5 heteroatoms. The number of carboxylic acid groups (broad SMARTS) is 1. The topological polar surface area (TPSA) is 66.8 Å². The van der Waals surface area contributed by atoms with Gasteiger partial charge in [-0.3, -0.25) is 4.79 Å². The van der Waals surface area contributed by atoms with E-state index in [1.165, 1.54) is 0 Å². The molecule has 0 heterocycles. The van der Waals surface area contributed by atoms with Crippen LogP contribution in [0.2, 0.25) is 0 Å². The van der Waals surface area contributed by atoms with Gasteiger partial charge in [-0.2, -0.15) is 0 Å². The summed E-state index contributed by atoms with van der Waals surface area (Å²) < 4.78 is 6.04. The summed E-state index contributed by atoms with van der Waals surface area (Å²) in [6, 6.07) is 5.26. The molecule has 0 saturated carbocycles. The van der Waals surface area contributed by atoms with Crippen LogP contribution in [0.5, 0.6) is 5.75 Å². The average Bonchev–Trinajstić information content (AvgIpc) is 2.26. The number of halogens is 1. The van der Waals surface area contributed by atoms with E-state index in [2.05, 4.69) is 15.9 Å². The highest BCUT2D eigenvalue weighted by Crippen LogP contribution is 2.29. The normalized spacial score (nSPS) is 12.2. The second-order valence-electron chi connectivity index (χ2n) is 3.56. The predicted octanol–water partition coefficient (Wildman–Crippen LogP) is 2.75. The fourth-order valence-electron chi connectivity index (χ4n) is 1.45. The minimum absolute atomic E-state index is 0.0547. The monoisotopic (exact) mass is 302 g/mol. The zero-order chi connectivity index (χ0) is 12.8. The molecule has 0 spiro atoms. The third kappa shape index (κ3) is 4.36. The SMILES string of the molecule is CCOc1ccc(C(O)CCC(=O)O)c(Br)c1. The molecule has 17 heavy (non-hydrogen) atoms. The molecule has 1 aromatic rings. The first-order valence-corrected chi connectivity index (χ1v) is 6.16. The van der Waals surface area contributed by atoms with Gasteiger partial charge in [-0.1, -0.05) is 22.0 Å². The molecule has 0 aliphatic carbocycles. The fraction of sp³-hybridized carbons (Fsp3) is 0.417. The summed E-state index contributed by atoms with van der Waals surface area (Å²) in [5.74, 6) is -0.195. The third-order valence-electron chi connectivity index (χ3n) is 2.27. The van der Waals surface area contributed by atoms with E-state index in [0.29, 0.717) is 17.9 Å². The maximum Gasteiger partial charge on any atom is 0.303 e. The molecule has 94 valence electrons. The lowest BCUT2D eigenvalue weighted by Gasteiger charge is -2.13. The number of rotatable bonds is 6. The predicted molar refractivity (Wildman–Crippen MR) is 67.1 cm³/mol. The molecule has 0 radical (unpaired) electrons. The summed E-state index contributed by atoms with van der Waals surface area (Å²) in [5.41, 5.74) is 0.676. The van der Waals surface area contributed by atoms with Gasteiger partial charge in [-0.05, 0) is 31.0 Å². The molecular weight excluding hydrogens is 288 g/mol. The smallest absolute Gasteiger partial charge is 0.303 e. The first-order valence-electron chi connectivity index (χ1n) is 5.36. The van der Waals surface area contributed by atoms with Crippen molar-refractivity contribution >= 4 is 21.9 Å². The van der Waals surface area contributed by atoms with E-state index in [-0.39, 0.29) is 12.8 Å². The number of aliphatic hydroxyl groups is 1. The number of ether oxygens (including phenoxy) is 1. The van der Waals surface area contributed by atoms with Crippen LogP contribution in [0.4, 0.5) is 0 Å². The molecule has 1 aromatic carbocycles. The standard InChI is InChI=1S/C12H15BrO4/c1-2-17-8-3-4-9(10(13)7-8)11(14)5-6-12(15)16/h3-4,7,11,14H,2,5-6H2,1H3,(H,15,16). The summed E-state index contributed by atoms with van der Waals surface area (Å²) in [7, 11) is 0. The zero-order valence-corrected chi connectivity index (χ0v) is 11.1. The van der Waals surface area contributed by atoms with E-state index < -0.39 is 12.1 Å². The quantitative estimate of drug-likeness (QED) is 0.848. The number of carboxylic acids is 1. The van der Waals surface area contributed by atoms with Crippen molar-refractivity contribution < 1.29 is 19.7 Å². The lowest BCUT2D eigenvalue weighted by atomic mass is 10.0. The summed E-state index contributed by atoms with van der Waals surface area (Å²) >= 11 is 3.34. The molecule has 0 saturated heterocycles. The van der Waals surface area contributed by atoms with Crippen molar-refractivity contribution in [2.24, 2.45) is 0 Å². The van der Waals surface area contributed by atoms with E-state index in [1.807, 2.05) is 6.92 Å². The molecule has 0 aliphatic heterocycles. The lowest BCUT2D eigenvalue weighted by molar-refractivity contribution is -0.137. The first kappa shape index (κ1) is 14.0. The molecule has 0 aliphatic rings. The van der Waals surface area contributed by atoms with Crippen molar-refractivity contribution in [3.05, 3.63) is 28.2 Å². The highest BCUT2D eigenvalue weighted by Gasteiger charge is 2.13. The van der Waals surface area contributed by atoms with Gasteiger partial charge in [0, 0.05) is 10.9 Å². The van der Waals surface area contributed by atoms with Crippen LogP contribution in [-0.2, 0) is 4.79 Å². The molecule has 1 rings (SSSR count). The van der Waals surface area contributed by atoms with Gasteiger partial charge in [0.15, 0.2) is 0 Å². The van der Waals surface area contributed by atoms with Crippen molar-refractivity contribution in [3.8, 4) is 5.75 Å². The minimum Gasteiger partial charge on any atom is -0.494 e. The zero-order valence-electron chi connectivity index (χ0n) is 9.52. The Labute approximate surface area is 108 Å². The van der Waals surface area contributed by atoms with Gasteiger partial charge >= 0.3 is 5.97 Å². The van der Waals surface area contributed by atoms with Crippen LogP contribution in [0.3, 0.4) is 0 Å². The van der Waals surface area contributed by atoms with E-state index in [0.717, 1.165) is 4.47 Å². The van der Waals surface area contributed by atoms with Crippen molar-refractivity contribution in [1.82, 2.24) is 0 Å². The van der Waals surface area contributed by atoms with Gasteiger partial charge in [0.1, 0.15) is 5.75 Å². The Kier molecular flexibility index (Phi) is 5.44. The molecule has 2 N–H and O–H groups in total. The molecule has 0 fully saturated rings. The molecule has 0 bridgehead atoms. The van der Waals surface area contributed by atoms with Crippen LogP contribution < -0.4 is 4.74 Å². The van der Waals surface area contributed by atoms with Crippen LogP contribution in [0.1, 0.15) is 31.4 Å². The Morgan fingerprint density at radius 3 is 2.76 bits per heavy atom. The van der Waals surface area contributed by atoms with Gasteiger partial charge in [-0.15, -0.1) is 0 Å². The number of hydrogen-bond acceptors (Lipinski definition) is 3. The number of carbonyl (C=O) groups is 1. The fourth-order valence-corrected chi connectivity index (χ4v) is 2.07. The van der Waals surface area contributed by atoms with Crippen LogP contribution in [0.25, 0.3) is 0 Å². The summed E-state index contributed by atoms with van der Waals surface area (Å²) in [6.45, 7) is 2.47. The molecular formula is C12H15BrO4. The van der Waals surface area contributed by atoms with E-state index in [1.54, 1.807) is 18.2 Å². The molecule has 0 amide bonds. The van der Waals surface area contributed by atoms with Crippen LogP contribution >= 0.6 is 15.9 Å². The summed E-state index contributed by atoms with van der Waals surface area (Å²) in [5, 5.41) is 18.4. The van der Waals surface area contributed by atoms with Gasteiger partial charge in [0.25, 0.3) is 0 Å². The Morgan fingerprint density at radius 2 is 2.24 bits per heavy atom. The van der Waals surface area contributed by atoms with Crippen LogP contribution in [0, 0.1) is 0 Å². The largest absolute Gasteiger partial charge is 0.494 e. The molecule has 1 unspecified atom stereocenters. The number of aliphatic carboxylic acids is 1. The van der Waals surface area contributed by atoms with Crippen molar-refractivity contribution in [3.63, 3.8) is 0 Å². The van der Waals surface area contributed by atoms with E-state index >= 15 is 0 Å². The second kappa shape index (κ2) is 6.61. The summed E-state index contributed by atoms with van der Waals surface area (Å²) in [4.78, 5) is 10.4. The van der Waals surface area contributed by atoms with Gasteiger partial charge in [0.2, 0.25) is 0 Å². The molecule has 4 nitrogen and oxygen atoms in total. The summed E-state index contributed by atoms with van der Waals surface area (Å²) in [6.07, 6.45) is -0.640. The van der Waals surface area contributed by atoms with Crippen LogP contribution in [-0.4, -0.2) is 22.8 Å². The number of aliphatic hydroxyl groups excluding tert-OH is 1. The molecule has 0 aromatic heterocycles. The minimum atomic E-state index is -0.911. The van der Waals surface area contributed by atoms with Crippen LogP contribution in [0.15, 0.2) is 22.7 Å². The van der Waals surface area contributed by atoms with Gasteiger partial charge in [0.05, 0.1) is 12.7 Å². The van der Waals surface area contributed by atoms with Crippen molar-refractivity contribution in [2.75, 3.05) is 6.61 Å². The maximum absolute atomic E-state index is 10.4. The maximum atomic E-state index is 10.4.